The van der Waals surface area contributed by atoms with Gasteiger partial charge in [0.05, 0.1) is 25.4 Å². The summed E-state index contributed by atoms with van der Waals surface area (Å²) in [5.41, 5.74) is 0.475. The Morgan fingerprint density at radius 1 is 1.03 bits per heavy atom. The van der Waals surface area contributed by atoms with E-state index in [1.54, 1.807) is 0 Å². The highest BCUT2D eigenvalue weighted by Gasteiger charge is 2.25. The fraction of sp³-hybridized carbons (Fsp3) is 0.708. The normalized spacial score (nSPS) is 20.7. The topological polar surface area (TPSA) is 75.6 Å². The summed E-state index contributed by atoms with van der Waals surface area (Å²) in [6.45, 7) is 15.3. The molecule has 0 bridgehead atoms. The number of guanidine groups is 1. The van der Waals surface area contributed by atoms with E-state index < -0.39 is 5.60 Å². The van der Waals surface area contributed by atoms with E-state index in [1.807, 2.05) is 6.92 Å². The van der Waals surface area contributed by atoms with Crippen molar-refractivity contribution in [3.8, 4) is 0 Å². The SMILES string of the molecule is CCNC(=NCC(C)(O)CN1CCOCC1)NCCCN1CCN(c2ccccc2)CC1. The number of morpholine rings is 1. The van der Waals surface area contributed by atoms with Crippen LogP contribution in [0.3, 0.4) is 0 Å². The summed E-state index contributed by atoms with van der Waals surface area (Å²) >= 11 is 0. The van der Waals surface area contributed by atoms with E-state index >= 15 is 0 Å². The predicted molar refractivity (Wildman–Crippen MR) is 132 cm³/mol. The zero-order chi connectivity index (χ0) is 22.7. The second-order valence-electron chi connectivity index (χ2n) is 9.03. The quantitative estimate of drug-likeness (QED) is 0.279. The van der Waals surface area contributed by atoms with Crippen molar-refractivity contribution in [2.75, 3.05) is 90.1 Å². The van der Waals surface area contributed by atoms with Crippen molar-refractivity contribution >= 4 is 11.6 Å². The van der Waals surface area contributed by atoms with Gasteiger partial charge >= 0.3 is 0 Å². The lowest BCUT2D eigenvalue weighted by molar-refractivity contribution is -0.0179. The first-order valence-corrected chi connectivity index (χ1v) is 12.1. The molecule has 2 aliphatic rings. The van der Waals surface area contributed by atoms with Crippen LogP contribution in [0.1, 0.15) is 20.3 Å². The van der Waals surface area contributed by atoms with Gasteiger partial charge in [-0.15, -0.1) is 0 Å². The lowest BCUT2D eigenvalue weighted by Gasteiger charge is -2.36. The minimum atomic E-state index is -0.849. The number of piperazine rings is 1. The van der Waals surface area contributed by atoms with Crippen molar-refractivity contribution in [3.63, 3.8) is 0 Å². The summed E-state index contributed by atoms with van der Waals surface area (Å²) in [5.74, 6) is 0.781. The van der Waals surface area contributed by atoms with E-state index in [2.05, 4.69) is 67.6 Å². The molecule has 0 amide bonds. The van der Waals surface area contributed by atoms with Crippen LogP contribution in [0.5, 0.6) is 0 Å². The third-order valence-electron chi connectivity index (χ3n) is 6.03. The summed E-state index contributed by atoms with van der Waals surface area (Å²) in [4.78, 5) is 11.9. The molecular weight excluding hydrogens is 404 g/mol. The third kappa shape index (κ3) is 8.58. The van der Waals surface area contributed by atoms with Gasteiger partial charge in [-0.2, -0.15) is 0 Å². The Morgan fingerprint density at radius 2 is 1.75 bits per heavy atom. The lowest BCUT2D eigenvalue weighted by atomic mass is 10.1. The monoisotopic (exact) mass is 446 g/mol. The van der Waals surface area contributed by atoms with E-state index in [4.69, 9.17) is 4.74 Å². The third-order valence-corrected chi connectivity index (χ3v) is 6.03. The second kappa shape index (κ2) is 13.0. The highest BCUT2D eigenvalue weighted by atomic mass is 16.5. The van der Waals surface area contributed by atoms with Gasteiger partial charge in [-0.3, -0.25) is 14.8 Å². The van der Waals surface area contributed by atoms with Crippen molar-refractivity contribution in [1.29, 1.82) is 0 Å². The largest absolute Gasteiger partial charge is 0.387 e. The van der Waals surface area contributed by atoms with Crippen molar-refractivity contribution in [1.82, 2.24) is 20.4 Å². The standard InChI is InChI=1S/C24H42N6O2/c1-3-25-23(27-20-24(2,31)21-29-16-18-32-19-17-29)26-10-7-11-28-12-14-30(15-13-28)22-8-5-4-6-9-22/h4-6,8-9,31H,3,7,10-21H2,1-2H3,(H2,25,26,27). The maximum absolute atomic E-state index is 10.8. The van der Waals surface area contributed by atoms with Crippen LogP contribution >= 0.6 is 0 Å². The first-order chi connectivity index (χ1) is 15.6. The molecule has 8 heteroatoms. The van der Waals surface area contributed by atoms with Crippen LogP contribution in [0.25, 0.3) is 0 Å². The number of nitrogens with zero attached hydrogens (tertiary/aromatic N) is 4. The number of nitrogens with one attached hydrogen (secondary N) is 2. The zero-order valence-corrected chi connectivity index (χ0v) is 19.9. The Morgan fingerprint density at radius 3 is 2.44 bits per heavy atom. The molecular formula is C24H42N6O2. The maximum Gasteiger partial charge on any atom is 0.191 e. The van der Waals surface area contributed by atoms with Gasteiger partial charge in [0.15, 0.2) is 5.96 Å². The molecule has 180 valence electrons. The molecule has 1 aromatic carbocycles. The Kier molecular flexibility index (Phi) is 10.1. The van der Waals surface area contributed by atoms with Crippen molar-refractivity contribution in [2.45, 2.75) is 25.9 Å². The average molecular weight is 447 g/mol. The van der Waals surface area contributed by atoms with E-state index in [9.17, 15) is 5.11 Å². The van der Waals surface area contributed by atoms with Crippen LogP contribution in [0.2, 0.25) is 0 Å². The van der Waals surface area contributed by atoms with Gasteiger partial charge in [0.25, 0.3) is 0 Å². The second-order valence-corrected chi connectivity index (χ2v) is 9.03. The number of rotatable bonds is 10. The lowest BCUT2D eigenvalue weighted by Crippen LogP contribution is -2.48. The van der Waals surface area contributed by atoms with Gasteiger partial charge in [-0.05, 0) is 38.9 Å². The zero-order valence-electron chi connectivity index (χ0n) is 19.9. The van der Waals surface area contributed by atoms with E-state index in [1.165, 1.54) is 5.69 Å². The molecule has 2 heterocycles. The highest BCUT2D eigenvalue weighted by Crippen LogP contribution is 2.15. The van der Waals surface area contributed by atoms with E-state index in [0.29, 0.717) is 13.1 Å². The maximum atomic E-state index is 10.8. The summed E-state index contributed by atoms with van der Waals surface area (Å²) in [7, 11) is 0. The number of ether oxygens (including phenoxy) is 1. The summed E-state index contributed by atoms with van der Waals surface area (Å²) < 4.78 is 5.39. The van der Waals surface area contributed by atoms with Crippen molar-refractivity contribution in [3.05, 3.63) is 30.3 Å². The molecule has 3 rings (SSSR count). The molecule has 2 saturated heterocycles. The fourth-order valence-electron chi connectivity index (χ4n) is 4.26. The first-order valence-electron chi connectivity index (χ1n) is 12.1. The molecule has 0 radical (unpaired) electrons. The molecule has 2 fully saturated rings. The van der Waals surface area contributed by atoms with Crippen LogP contribution in [-0.2, 0) is 4.74 Å². The molecule has 3 N–H and O–H groups in total. The van der Waals surface area contributed by atoms with E-state index in [-0.39, 0.29) is 0 Å². The van der Waals surface area contributed by atoms with Crippen LogP contribution < -0.4 is 15.5 Å². The minimum absolute atomic E-state index is 0.376. The Balaban J connectivity index is 1.34. The van der Waals surface area contributed by atoms with Gasteiger partial charge < -0.3 is 25.4 Å². The van der Waals surface area contributed by atoms with Gasteiger partial charge in [0, 0.05) is 64.6 Å². The molecule has 1 unspecified atom stereocenters. The average Bonchev–Trinajstić information content (AvgIpc) is 2.81. The number of β-amino-alcohol motifs (C(OH)–C–C–N with tert-alkyl or cyclic N) is 1. The molecule has 0 saturated carbocycles. The number of hydrogen-bond donors (Lipinski definition) is 3. The summed E-state index contributed by atoms with van der Waals surface area (Å²) in [6, 6.07) is 10.7. The van der Waals surface area contributed by atoms with Crippen molar-refractivity contribution in [2.24, 2.45) is 4.99 Å². The van der Waals surface area contributed by atoms with Crippen LogP contribution in [0, 0.1) is 0 Å². The Bertz CT molecular complexity index is 670. The van der Waals surface area contributed by atoms with Crippen LogP contribution in [0.4, 0.5) is 5.69 Å². The van der Waals surface area contributed by atoms with Crippen molar-refractivity contribution < 1.29 is 9.84 Å². The Hall–Kier alpha value is -1.87. The smallest absolute Gasteiger partial charge is 0.191 e. The number of para-hydroxylation sites is 1. The first kappa shape index (κ1) is 24.8. The van der Waals surface area contributed by atoms with Crippen LogP contribution in [0.15, 0.2) is 35.3 Å². The highest BCUT2D eigenvalue weighted by molar-refractivity contribution is 5.79. The molecule has 0 aromatic heterocycles. The number of benzene rings is 1. The fourth-order valence-corrected chi connectivity index (χ4v) is 4.26. The van der Waals surface area contributed by atoms with Gasteiger partial charge in [-0.25, -0.2) is 0 Å². The number of aliphatic hydroxyl groups is 1. The van der Waals surface area contributed by atoms with E-state index in [0.717, 1.165) is 84.5 Å². The van der Waals surface area contributed by atoms with Gasteiger partial charge in [-0.1, -0.05) is 18.2 Å². The predicted octanol–water partition coefficient (Wildman–Crippen LogP) is 0.837. The number of anilines is 1. The molecule has 2 aliphatic heterocycles. The molecule has 8 nitrogen and oxygen atoms in total. The molecule has 0 spiro atoms. The minimum Gasteiger partial charge on any atom is -0.387 e. The number of aliphatic imine (C=N–C) groups is 1. The molecule has 0 aliphatic carbocycles. The van der Waals surface area contributed by atoms with Crippen LogP contribution in [-0.4, -0.2) is 112 Å². The Labute approximate surface area is 193 Å². The molecule has 1 atom stereocenters. The summed E-state index contributed by atoms with van der Waals surface area (Å²) in [6.07, 6.45) is 1.07. The molecule has 32 heavy (non-hydrogen) atoms. The summed E-state index contributed by atoms with van der Waals surface area (Å²) in [5, 5.41) is 17.5. The number of hydrogen-bond acceptors (Lipinski definition) is 6. The van der Waals surface area contributed by atoms with Gasteiger partial charge in [0.1, 0.15) is 0 Å². The molecule has 1 aromatic rings. The van der Waals surface area contributed by atoms with Gasteiger partial charge in [0.2, 0.25) is 0 Å².